The van der Waals surface area contributed by atoms with Crippen LogP contribution in [0, 0.1) is 6.92 Å². The number of aryl methyl sites for hydroxylation is 1. The number of rotatable bonds is 1. The van der Waals surface area contributed by atoms with Gasteiger partial charge < -0.3 is 10.2 Å². The van der Waals surface area contributed by atoms with Gasteiger partial charge in [-0.3, -0.25) is 4.79 Å². The standard InChI is InChI=1S/C13H17ClN2O/c1-10-9-11(3-4-12(10)14)13(17)16-7-2-5-15-6-8-16/h3-4,9,15H,2,5-8H2,1H3. The van der Waals surface area contributed by atoms with Crippen LogP contribution in [0.2, 0.25) is 5.02 Å². The van der Waals surface area contributed by atoms with Gasteiger partial charge in [-0.15, -0.1) is 0 Å². The number of nitrogens with one attached hydrogen (secondary N) is 1. The van der Waals surface area contributed by atoms with Crippen LogP contribution in [0.4, 0.5) is 0 Å². The molecule has 0 radical (unpaired) electrons. The lowest BCUT2D eigenvalue weighted by molar-refractivity contribution is 0.0766. The second-order valence-electron chi connectivity index (χ2n) is 4.36. The second kappa shape index (κ2) is 5.52. The predicted octanol–water partition coefficient (Wildman–Crippen LogP) is 2.08. The highest BCUT2D eigenvalue weighted by Gasteiger charge is 2.17. The lowest BCUT2D eigenvalue weighted by Crippen LogP contribution is -2.34. The first kappa shape index (κ1) is 12.4. The van der Waals surface area contributed by atoms with Crippen molar-refractivity contribution >= 4 is 17.5 Å². The Morgan fingerprint density at radius 2 is 2.18 bits per heavy atom. The first-order valence-electron chi connectivity index (χ1n) is 5.94. The number of carbonyl (C=O) groups excluding carboxylic acids is 1. The number of carbonyl (C=O) groups is 1. The van der Waals surface area contributed by atoms with Crippen molar-refractivity contribution in [2.24, 2.45) is 0 Å². The highest BCUT2D eigenvalue weighted by Crippen LogP contribution is 2.17. The minimum Gasteiger partial charge on any atom is -0.337 e. The number of benzene rings is 1. The number of hydrogen-bond acceptors (Lipinski definition) is 2. The molecule has 1 aromatic rings. The average molecular weight is 253 g/mol. The first-order valence-corrected chi connectivity index (χ1v) is 6.32. The first-order chi connectivity index (χ1) is 8.18. The summed E-state index contributed by atoms with van der Waals surface area (Å²) in [6.07, 6.45) is 1.01. The third-order valence-electron chi connectivity index (χ3n) is 3.03. The van der Waals surface area contributed by atoms with Gasteiger partial charge in [0.15, 0.2) is 0 Å². The lowest BCUT2D eigenvalue weighted by atomic mass is 10.1. The maximum atomic E-state index is 12.3. The number of nitrogens with zero attached hydrogens (tertiary/aromatic N) is 1. The fraction of sp³-hybridized carbons (Fsp3) is 0.462. The molecule has 1 heterocycles. The van der Waals surface area contributed by atoms with E-state index < -0.39 is 0 Å². The van der Waals surface area contributed by atoms with Crippen LogP contribution in [0.3, 0.4) is 0 Å². The monoisotopic (exact) mass is 252 g/mol. The zero-order chi connectivity index (χ0) is 12.3. The molecule has 4 heteroatoms. The van der Waals surface area contributed by atoms with Gasteiger partial charge >= 0.3 is 0 Å². The molecule has 1 saturated heterocycles. The molecule has 17 heavy (non-hydrogen) atoms. The Morgan fingerprint density at radius 1 is 1.35 bits per heavy atom. The van der Waals surface area contributed by atoms with Gasteiger partial charge in [0.2, 0.25) is 0 Å². The van der Waals surface area contributed by atoms with Gasteiger partial charge in [-0.25, -0.2) is 0 Å². The maximum absolute atomic E-state index is 12.3. The molecule has 0 aromatic heterocycles. The largest absolute Gasteiger partial charge is 0.337 e. The molecule has 92 valence electrons. The molecule has 0 unspecified atom stereocenters. The molecule has 1 N–H and O–H groups in total. The van der Waals surface area contributed by atoms with Crippen LogP contribution in [0.25, 0.3) is 0 Å². The Hall–Kier alpha value is -1.06. The Kier molecular flexibility index (Phi) is 4.02. The summed E-state index contributed by atoms with van der Waals surface area (Å²) in [6.45, 7) is 5.39. The van der Waals surface area contributed by atoms with E-state index in [0.29, 0.717) is 5.02 Å². The van der Waals surface area contributed by atoms with Gasteiger partial charge in [0.05, 0.1) is 0 Å². The van der Waals surface area contributed by atoms with Crippen molar-refractivity contribution in [3.05, 3.63) is 34.3 Å². The minimum absolute atomic E-state index is 0.105. The van der Waals surface area contributed by atoms with E-state index >= 15 is 0 Å². The van der Waals surface area contributed by atoms with Crippen molar-refractivity contribution in [3.63, 3.8) is 0 Å². The van der Waals surface area contributed by atoms with Crippen LogP contribution in [-0.4, -0.2) is 37.0 Å². The lowest BCUT2D eigenvalue weighted by Gasteiger charge is -2.20. The molecule has 3 nitrogen and oxygen atoms in total. The second-order valence-corrected chi connectivity index (χ2v) is 4.77. The zero-order valence-electron chi connectivity index (χ0n) is 10.0. The molecular weight excluding hydrogens is 236 g/mol. The number of hydrogen-bond donors (Lipinski definition) is 1. The summed E-state index contributed by atoms with van der Waals surface area (Å²) in [7, 11) is 0. The highest BCUT2D eigenvalue weighted by molar-refractivity contribution is 6.31. The molecule has 0 aliphatic carbocycles. The van der Waals surface area contributed by atoms with E-state index in [1.807, 2.05) is 17.9 Å². The van der Waals surface area contributed by atoms with Gasteiger partial charge in [-0.1, -0.05) is 11.6 Å². The molecule has 1 aliphatic rings. The SMILES string of the molecule is Cc1cc(C(=O)N2CCCNCC2)ccc1Cl. The summed E-state index contributed by atoms with van der Waals surface area (Å²) < 4.78 is 0. The minimum atomic E-state index is 0.105. The van der Waals surface area contributed by atoms with Crippen molar-refractivity contribution in [1.82, 2.24) is 10.2 Å². The van der Waals surface area contributed by atoms with Crippen LogP contribution < -0.4 is 5.32 Å². The summed E-state index contributed by atoms with van der Waals surface area (Å²) in [4.78, 5) is 14.2. The van der Waals surface area contributed by atoms with Crippen molar-refractivity contribution < 1.29 is 4.79 Å². The van der Waals surface area contributed by atoms with Gasteiger partial charge in [0.1, 0.15) is 0 Å². The summed E-state index contributed by atoms with van der Waals surface area (Å²) >= 11 is 5.96. The van der Waals surface area contributed by atoms with Gasteiger partial charge in [0, 0.05) is 30.2 Å². The van der Waals surface area contributed by atoms with E-state index in [4.69, 9.17) is 11.6 Å². The molecular formula is C13H17ClN2O. The predicted molar refractivity (Wildman–Crippen MR) is 69.6 cm³/mol. The van der Waals surface area contributed by atoms with E-state index in [1.165, 1.54) is 0 Å². The summed E-state index contributed by atoms with van der Waals surface area (Å²) in [5.74, 6) is 0.105. The summed E-state index contributed by atoms with van der Waals surface area (Å²) in [6, 6.07) is 5.46. The fourth-order valence-corrected chi connectivity index (χ4v) is 2.13. The van der Waals surface area contributed by atoms with Crippen molar-refractivity contribution in [1.29, 1.82) is 0 Å². The Bertz CT molecular complexity index is 412. The maximum Gasteiger partial charge on any atom is 0.253 e. The van der Waals surface area contributed by atoms with Crippen LogP contribution in [0.15, 0.2) is 18.2 Å². The Labute approximate surface area is 107 Å². The van der Waals surface area contributed by atoms with E-state index in [0.717, 1.165) is 43.7 Å². The molecule has 0 saturated carbocycles. The van der Waals surface area contributed by atoms with E-state index in [1.54, 1.807) is 12.1 Å². The average Bonchev–Trinajstić information content (AvgIpc) is 2.60. The molecule has 1 amide bonds. The van der Waals surface area contributed by atoms with Crippen LogP contribution in [0.1, 0.15) is 22.3 Å². The van der Waals surface area contributed by atoms with Crippen molar-refractivity contribution in [2.45, 2.75) is 13.3 Å². The smallest absolute Gasteiger partial charge is 0.253 e. The van der Waals surface area contributed by atoms with Gasteiger partial charge in [-0.05, 0) is 43.7 Å². The van der Waals surface area contributed by atoms with Crippen LogP contribution in [-0.2, 0) is 0 Å². The summed E-state index contributed by atoms with van der Waals surface area (Å²) in [5, 5.41) is 4.00. The van der Waals surface area contributed by atoms with E-state index in [9.17, 15) is 4.79 Å². The number of amides is 1. The third kappa shape index (κ3) is 2.99. The quantitative estimate of drug-likeness (QED) is 0.830. The number of halogens is 1. The zero-order valence-corrected chi connectivity index (χ0v) is 10.8. The van der Waals surface area contributed by atoms with Gasteiger partial charge in [-0.2, -0.15) is 0 Å². The molecule has 0 atom stereocenters. The highest BCUT2D eigenvalue weighted by atomic mass is 35.5. The van der Waals surface area contributed by atoms with Crippen LogP contribution in [0.5, 0.6) is 0 Å². The van der Waals surface area contributed by atoms with Crippen LogP contribution >= 0.6 is 11.6 Å². The Balaban J connectivity index is 2.14. The molecule has 0 bridgehead atoms. The third-order valence-corrected chi connectivity index (χ3v) is 3.46. The van der Waals surface area contributed by atoms with E-state index in [2.05, 4.69) is 5.32 Å². The molecule has 1 aromatic carbocycles. The molecule has 1 aliphatic heterocycles. The topological polar surface area (TPSA) is 32.3 Å². The summed E-state index contributed by atoms with van der Waals surface area (Å²) in [5.41, 5.74) is 1.68. The Morgan fingerprint density at radius 3 is 2.94 bits per heavy atom. The van der Waals surface area contributed by atoms with Crippen molar-refractivity contribution in [3.8, 4) is 0 Å². The van der Waals surface area contributed by atoms with Crippen molar-refractivity contribution in [2.75, 3.05) is 26.2 Å². The van der Waals surface area contributed by atoms with Gasteiger partial charge in [0.25, 0.3) is 5.91 Å². The van der Waals surface area contributed by atoms with E-state index in [-0.39, 0.29) is 5.91 Å². The fourth-order valence-electron chi connectivity index (χ4n) is 2.01. The normalized spacial score (nSPS) is 16.7. The molecule has 1 fully saturated rings. The molecule has 2 rings (SSSR count). The molecule has 0 spiro atoms.